The van der Waals surface area contributed by atoms with E-state index in [1.165, 1.54) is 78.9 Å². The first-order valence-electron chi connectivity index (χ1n) is 24.0. The normalized spacial score (nSPS) is 10.4. The number of hydrogen-bond donors (Lipinski definition) is 3. The highest BCUT2D eigenvalue weighted by Gasteiger charge is 2.30. The lowest BCUT2D eigenvalue weighted by Gasteiger charge is -2.14. The lowest BCUT2D eigenvalue weighted by molar-refractivity contribution is -0.385. The lowest BCUT2D eigenvalue weighted by atomic mass is 9.96. The second kappa shape index (κ2) is 39.7. The van der Waals surface area contributed by atoms with Crippen molar-refractivity contribution in [2.45, 2.75) is 7.43 Å². The zero-order valence-electron chi connectivity index (χ0n) is 45.5. The number of carboxylic acids is 3. The van der Waals surface area contributed by atoms with Gasteiger partial charge in [-0.3, -0.25) is 60.2 Å². The van der Waals surface area contributed by atoms with Crippen LogP contribution < -0.4 is 0 Å². The summed E-state index contributed by atoms with van der Waals surface area (Å²) < 4.78 is 24.6. The molecule has 9 aromatic carbocycles. The number of carboxylic acid groups (broad SMARTS) is 3. The van der Waals surface area contributed by atoms with Gasteiger partial charge >= 0.3 is 29.8 Å². The van der Waals surface area contributed by atoms with Crippen LogP contribution in [0.5, 0.6) is 0 Å². The van der Waals surface area contributed by atoms with Crippen molar-refractivity contribution < 1.29 is 86.7 Å². The molecule has 9 aromatic rings. The molecule has 0 fully saturated rings. The molecule has 0 unspecified atom stereocenters. The van der Waals surface area contributed by atoms with Gasteiger partial charge in [-0.2, -0.15) is 0 Å². The number of aromatic carboxylic acids is 3. The van der Waals surface area contributed by atoms with Gasteiger partial charge in [0.15, 0.2) is 0 Å². The Kier molecular flexibility index (Phi) is 34.7. The molecule has 496 valence electrons. The molecule has 0 saturated carbocycles. The van der Waals surface area contributed by atoms with Gasteiger partial charge in [0.05, 0.1) is 74.2 Å². The van der Waals surface area contributed by atoms with Crippen LogP contribution in [0.25, 0.3) is 32.3 Å². The van der Waals surface area contributed by atoms with Crippen LogP contribution in [-0.4, -0.2) is 88.7 Å². The van der Waals surface area contributed by atoms with Crippen molar-refractivity contribution in [3.8, 4) is 0 Å². The van der Waals surface area contributed by atoms with E-state index in [1.807, 2.05) is 73.8 Å². The first kappa shape index (κ1) is 83.0. The van der Waals surface area contributed by atoms with Crippen molar-refractivity contribution in [2.24, 2.45) is 0 Å². The average molecular weight is 1800 g/mol. The predicted molar refractivity (Wildman–Crippen MR) is 380 cm³/mol. The van der Waals surface area contributed by atoms with Crippen LogP contribution in [0.1, 0.15) is 79.9 Å². The van der Waals surface area contributed by atoms with Crippen LogP contribution in [0.15, 0.2) is 164 Å². The van der Waals surface area contributed by atoms with E-state index in [-0.39, 0.29) is 80.0 Å². The van der Waals surface area contributed by atoms with Crippen molar-refractivity contribution in [3.63, 3.8) is 0 Å². The molecular formula is C56H34Cl6I3N5O23S2. The topological polar surface area (TPSA) is 439 Å². The number of esters is 2. The van der Waals surface area contributed by atoms with Gasteiger partial charge in [0.1, 0.15) is 0 Å². The van der Waals surface area contributed by atoms with E-state index < -0.39 is 83.4 Å². The number of halogens is 9. The zero-order chi connectivity index (χ0) is 71.0. The van der Waals surface area contributed by atoms with Gasteiger partial charge in [-0.25, -0.2) is 32.4 Å². The summed E-state index contributed by atoms with van der Waals surface area (Å²) in [7, 11) is 14.7. The fraction of sp³-hybridized carbons (Fsp3) is 0.0179. The third-order valence-corrected chi connectivity index (χ3v) is 14.6. The molecule has 1 aliphatic heterocycles. The van der Waals surface area contributed by atoms with Crippen molar-refractivity contribution in [2.75, 3.05) is 0 Å². The standard InChI is InChI=1S/C12H5NO5.C11H6ClNO3.C11H7NO4.C7H3ClINO3.C7H4INO4.C7H5IO2.CH4.2Cl2OS/c14-11-7-3-1-2-6-9(13(16)17)5-4-8(10(6)7)12(15)18-11;12-11(14)9-5-6-10(13(15)16)8-4-2-1-3-7(8)9;13-11(14)9-5-6-10(12(15)16)8-4-2-1-3-7(8)9;8-7(11)5-3-4(10(12)13)1-2-6(5)9;8-6-2-1-4(9(12)13)3-5(6)7(10)11;8-6-4-2-1-3-5(6)7(9)10;;2*1-4(2)3/h1-5H;1-6H;1-6H,(H,13,14);1-3H;1-3H,(H,10,11);1-4H,(H,9,10);1H4;;. The molecule has 3 N–H and O–H groups in total. The van der Waals surface area contributed by atoms with Crippen LogP contribution >= 0.6 is 134 Å². The minimum absolute atomic E-state index is 0. The highest BCUT2D eigenvalue weighted by molar-refractivity contribution is 14.1. The van der Waals surface area contributed by atoms with Gasteiger partial charge in [0, 0.05) is 118 Å². The Morgan fingerprint density at radius 1 is 0.389 bits per heavy atom. The van der Waals surface area contributed by atoms with Gasteiger partial charge in [-0.15, -0.1) is 0 Å². The van der Waals surface area contributed by atoms with Gasteiger partial charge < -0.3 is 20.1 Å². The number of non-ortho nitro benzene ring substituents is 5. The Balaban J connectivity index is 0.000000381. The zero-order valence-corrected chi connectivity index (χ0v) is 58.2. The lowest BCUT2D eigenvalue weighted by Crippen LogP contribution is -2.19. The third kappa shape index (κ3) is 24.9. The van der Waals surface area contributed by atoms with E-state index >= 15 is 0 Å². The number of rotatable bonds is 10. The summed E-state index contributed by atoms with van der Waals surface area (Å²) in [4.78, 5) is 127. The number of fused-ring (bicyclic) bond motifs is 2. The van der Waals surface area contributed by atoms with Crippen molar-refractivity contribution in [1.82, 2.24) is 0 Å². The average Bonchev–Trinajstić information content (AvgIpc) is 0.758. The Morgan fingerprint density at radius 3 is 1.11 bits per heavy atom. The summed E-state index contributed by atoms with van der Waals surface area (Å²) in [5, 5.41) is 80.1. The first-order valence-corrected chi connectivity index (χ1v) is 33.6. The maximum atomic E-state index is 11.6. The highest BCUT2D eigenvalue weighted by atomic mass is 127. The fourth-order valence-electron chi connectivity index (χ4n) is 7.53. The van der Waals surface area contributed by atoms with E-state index in [1.54, 1.807) is 66.7 Å². The third-order valence-electron chi connectivity index (χ3n) is 11.3. The Hall–Kier alpha value is -8.12. The summed E-state index contributed by atoms with van der Waals surface area (Å²) >= 11 is 16.3. The number of carbonyl (C=O) groups is 7. The van der Waals surface area contributed by atoms with Crippen molar-refractivity contribution in [3.05, 3.63) is 264 Å². The summed E-state index contributed by atoms with van der Waals surface area (Å²) in [5.41, 5.74) is 0.577. The fourth-order valence-corrected chi connectivity index (χ4v) is 9.78. The second-order valence-corrected chi connectivity index (χ2v) is 26.0. The number of nitro benzene ring substituents is 5. The quantitative estimate of drug-likeness (QED) is 0.0286. The molecule has 95 heavy (non-hydrogen) atoms. The molecule has 0 saturated heterocycles. The number of cyclic esters (lactones) is 2. The SMILES string of the molecule is C.O=C(Cl)c1cc([N+](=O)[O-])ccc1I.O=C(Cl)c1ccc([N+](=O)[O-])c2ccccc12.O=C(O)c1cc([N+](=O)[O-])ccc1I.O=C(O)c1ccc([N+](=O)[O-])c2ccccc12.O=C(O)c1ccccc1I.O=C1OC(=O)c2ccc([N+](=O)[O-])c3cccc1c23.O=S(Cl)Cl.O=S(Cl)Cl. The molecule has 39 heteroatoms. The Morgan fingerprint density at radius 2 is 0.716 bits per heavy atom. The molecule has 0 spiro atoms. The van der Waals surface area contributed by atoms with E-state index in [0.717, 1.165) is 15.7 Å². The highest BCUT2D eigenvalue weighted by Crippen LogP contribution is 2.35. The molecule has 0 radical (unpaired) electrons. The van der Waals surface area contributed by atoms with Crippen molar-refractivity contribution >= 4 is 253 Å². The molecule has 10 rings (SSSR count). The first-order chi connectivity index (χ1) is 44.0. The number of carbonyl (C=O) groups excluding carboxylic acids is 4. The van der Waals surface area contributed by atoms with Gasteiger partial charge in [0.25, 0.3) is 38.9 Å². The number of ether oxygens (including phenoxy) is 1. The summed E-state index contributed by atoms with van der Waals surface area (Å²) in [6, 6.07) is 39.7. The number of hydrogen-bond acceptors (Lipinski definition) is 20. The second-order valence-electron chi connectivity index (χ2n) is 16.8. The monoisotopic (exact) mass is 1800 g/mol. The predicted octanol–water partition coefficient (Wildman–Crippen LogP) is 16.8. The van der Waals surface area contributed by atoms with Crippen LogP contribution in [0.3, 0.4) is 0 Å². The minimum Gasteiger partial charge on any atom is -0.478 e. The molecule has 0 aliphatic carbocycles. The molecule has 0 amide bonds. The van der Waals surface area contributed by atoms with E-state index in [2.05, 4.69) is 47.5 Å². The molecule has 0 aromatic heterocycles. The summed E-state index contributed by atoms with van der Waals surface area (Å²) in [6.07, 6.45) is 0. The van der Waals surface area contributed by atoms with Crippen LogP contribution in [0.2, 0.25) is 0 Å². The van der Waals surface area contributed by atoms with Gasteiger partial charge in [0.2, 0.25) is 18.5 Å². The number of benzene rings is 9. The molecule has 1 aliphatic rings. The molecule has 0 bridgehead atoms. The molecular weight excluding hydrogens is 1770 g/mol. The number of nitrogens with zero attached hydrogens (tertiary/aromatic N) is 5. The smallest absolute Gasteiger partial charge is 0.346 e. The van der Waals surface area contributed by atoms with Crippen LogP contribution in [0.4, 0.5) is 28.4 Å². The summed E-state index contributed by atoms with van der Waals surface area (Å²) in [5.74, 6) is -4.68. The Labute approximate surface area is 605 Å². The molecule has 0 atom stereocenters. The van der Waals surface area contributed by atoms with Crippen molar-refractivity contribution in [1.29, 1.82) is 0 Å². The maximum absolute atomic E-state index is 11.6. The molecule has 28 nitrogen and oxygen atoms in total. The van der Waals surface area contributed by atoms with E-state index in [4.69, 9.17) is 46.9 Å². The van der Waals surface area contributed by atoms with Gasteiger partial charge in [-0.05, 0) is 158 Å². The van der Waals surface area contributed by atoms with Crippen LogP contribution in [0, 0.1) is 61.3 Å². The summed E-state index contributed by atoms with van der Waals surface area (Å²) in [6.45, 7) is 0. The molecule has 1 heterocycles. The number of nitro groups is 5. The largest absolute Gasteiger partial charge is 0.478 e. The van der Waals surface area contributed by atoms with E-state index in [0.29, 0.717) is 34.2 Å². The van der Waals surface area contributed by atoms with Crippen LogP contribution in [-0.2, 0) is 23.2 Å². The Bertz CT molecular complexity index is 4250. The maximum Gasteiger partial charge on any atom is 0.346 e. The van der Waals surface area contributed by atoms with Gasteiger partial charge in [-0.1, -0.05) is 62.0 Å². The van der Waals surface area contributed by atoms with E-state index in [9.17, 15) is 84.1 Å². The minimum atomic E-state index is -1.67.